The van der Waals surface area contributed by atoms with Gasteiger partial charge in [-0.2, -0.15) is 0 Å². The van der Waals surface area contributed by atoms with Gasteiger partial charge in [0.2, 0.25) is 0 Å². The fourth-order valence-electron chi connectivity index (χ4n) is 1.90. The van der Waals surface area contributed by atoms with Gasteiger partial charge in [0.25, 0.3) is 0 Å². The standard InChI is InChI=1S/C15H12FNO2/c16-11-1-4-13(5-2-11)18-8-10-9-19-15-7-12(17)3-6-14(10)15/h1-7,9H,8,17H2. The van der Waals surface area contributed by atoms with E-state index < -0.39 is 0 Å². The third-order valence-electron chi connectivity index (χ3n) is 2.89. The van der Waals surface area contributed by atoms with Crippen LogP contribution in [0.4, 0.5) is 10.1 Å². The molecule has 0 saturated heterocycles. The third-order valence-corrected chi connectivity index (χ3v) is 2.89. The first-order chi connectivity index (χ1) is 9.22. The number of nitrogen functional groups attached to an aromatic ring is 1. The zero-order chi connectivity index (χ0) is 13.2. The topological polar surface area (TPSA) is 48.4 Å². The molecule has 2 aromatic carbocycles. The summed E-state index contributed by atoms with van der Waals surface area (Å²) in [7, 11) is 0. The third kappa shape index (κ3) is 2.38. The number of rotatable bonds is 3. The van der Waals surface area contributed by atoms with E-state index in [1.165, 1.54) is 12.1 Å². The van der Waals surface area contributed by atoms with Crippen LogP contribution in [0.2, 0.25) is 0 Å². The molecule has 3 aromatic rings. The van der Waals surface area contributed by atoms with Crippen LogP contribution in [-0.4, -0.2) is 0 Å². The predicted octanol–water partition coefficient (Wildman–Crippen LogP) is 3.73. The summed E-state index contributed by atoms with van der Waals surface area (Å²) in [6.07, 6.45) is 1.65. The van der Waals surface area contributed by atoms with Gasteiger partial charge in [0.05, 0.1) is 6.26 Å². The van der Waals surface area contributed by atoms with Gasteiger partial charge in [-0.05, 0) is 36.4 Å². The number of halogens is 1. The second-order valence-electron chi connectivity index (χ2n) is 4.26. The number of furan rings is 1. The molecule has 0 fully saturated rings. The monoisotopic (exact) mass is 257 g/mol. The molecule has 3 rings (SSSR count). The van der Waals surface area contributed by atoms with Gasteiger partial charge in [0, 0.05) is 22.7 Å². The summed E-state index contributed by atoms with van der Waals surface area (Å²) in [6, 6.07) is 11.4. The largest absolute Gasteiger partial charge is 0.489 e. The van der Waals surface area contributed by atoms with Crippen LogP contribution in [0.1, 0.15) is 5.56 Å². The molecule has 96 valence electrons. The lowest BCUT2D eigenvalue weighted by Crippen LogP contribution is -1.94. The van der Waals surface area contributed by atoms with E-state index in [1.54, 1.807) is 24.5 Å². The Balaban J connectivity index is 1.80. The Hall–Kier alpha value is -2.49. The number of fused-ring (bicyclic) bond motifs is 1. The van der Waals surface area contributed by atoms with Crippen LogP contribution in [0.5, 0.6) is 5.75 Å². The summed E-state index contributed by atoms with van der Waals surface area (Å²) in [5.41, 5.74) is 8.01. The molecule has 0 amide bonds. The van der Waals surface area contributed by atoms with Gasteiger partial charge in [0.1, 0.15) is 23.8 Å². The Morgan fingerprint density at radius 2 is 1.89 bits per heavy atom. The van der Waals surface area contributed by atoms with Crippen molar-refractivity contribution in [2.75, 3.05) is 5.73 Å². The van der Waals surface area contributed by atoms with E-state index in [4.69, 9.17) is 14.9 Å². The molecule has 0 aliphatic rings. The smallest absolute Gasteiger partial charge is 0.136 e. The maximum Gasteiger partial charge on any atom is 0.136 e. The average molecular weight is 257 g/mol. The highest BCUT2D eigenvalue weighted by molar-refractivity contribution is 5.83. The Morgan fingerprint density at radius 3 is 2.68 bits per heavy atom. The van der Waals surface area contributed by atoms with Crippen LogP contribution in [0.25, 0.3) is 11.0 Å². The van der Waals surface area contributed by atoms with Crippen LogP contribution < -0.4 is 10.5 Å². The van der Waals surface area contributed by atoms with Gasteiger partial charge < -0.3 is 14.9 Å². The Bertz CT molecular complexity index is 704. The van der Waals surface area contributed by atoms with Crippen LogP contribution in [0.15, 0.2) is 53.1 Å². The second kappa shape index (κ2) is 4.65. The van der Waals surface area contributed by atoms with Gasteiger partial charge >= 0.3 is 0 Å². The Morgan fingerprint density at radius 1 is 1.11 bits per heavy atom. The molecule has 1 heterocycles. The summed E-state index contributed by atoms with van der Waals surface area (Å²) in [5, 5.41) is 0.969. The van der Waals surface area contributed by atoms with Crippen molar-refractivity contribution in [1.29, 1.82) is 0 Å². The highest BCUT2D eigenvalue weighted by Crippen LogP contribution is 2.24. The van der Waals surface area contributed by atoms with Crippen molar-refractivity contribution >= 4 is 16.7 Å². The summed E-state index contributed by atoms with van der Waals surface area (Å²) >= 11 is 0. The van der Waals surface area contributed by atoms with E-state index in [0.29, 0.717) is 18.0 Å². The molecule has 0 bridgehead atoms. The molecule has 0 aliphatic heterocycles. The lowest BCUT2D eigenvalue weighted by molar-refractivity contribution is 0.305. The lowest BCUT2D eigenvalue weighted by atomic mass is 10.2. The maximum absolute atomic E-state index is 12.8. The van der Waals surface area contributed by atoms with Crippen LogP contribution >= 0.6 is 0 Å². The molecule has 0 radical (unpaired) electrons. The lowest BCUT2D eigenvalue weighted by Gasteiger charge is -2.04. The maximum atomic E-state index is 12.8. The van der Waals surface area contributed by atoms with Crippen LogP contribution in [-0.2, 0) is 6.61 Å². The number of hydrogen-bond donors (Lipinski definition) is 1. The number of hydrogen-bond acceptors (Lipinski definition) is 3. The highest BCUT2D eigenvalue weighted by atomic mass is 19.1. The van der Waals surface area contributed by atoms with Crippen molar-refractivity contribution in [3.05, 3.63) is 60.1 Å². The first-order valence-electron chi connectivity index (χ1n) is 5.86. The quantitative estimate of drug-likeness (QED) is 0.727. The highest BCUT2D eigenvalue weighted by Gasteiger charge is 2.06. The predicted molar refractivity (Wildman–Crippen MR) is 71.4 cm³/mol. The SMILES string of the molecule is Nc1ccc2c(COc3ccc(F)cc3)coc2c1. The molecule has 3 nitrogen and oxygen atoms in total. The molecule has 0 saturated carbocycles. The van der Waals surface area contributed by atoms with E-state index >= 15 is 0 Å². The van der Waals surface area contributed by atoms with Crippen LogP contribution in [0, 0.1) is 5.82 Å². The van der Waals surface area contributed by atoms with Gasteiger partial charge in [-0.1, -0.05) is 0 Å². The van der Waals surface area contributed by atoms with Gasteiger partial charge in [-0.3, -0.25) is 0 Å². The Labute approximate surface area is 109 Å². The van der Waals surface area contributed by atoms with Crippen molar-refractivity contribution in [2.45, 2.75) is 6.61 Å². The second-order valence-corrected chi connectivity index (χ2v) is 4.26. The zero-order valence-electron chi connectivity index (χ0n) is 10.1. The molecule has 2 N–H and O–H groups in total. The van der Waals surface area contributed by atoms with Gasteiger partial charge in [-0.25, -0.2) is 4.39 Å². The van der Waals surface area contributed by atoms with E-state index in [1.807, 2.05) is 12.1 Å². The first-order valence-corrected chi connectivity index (χ1v) is 5.86. The summed E-state index contributed by atoms with van der Waals surface area (Å²) < 4.78 is 23.8. The fourth-order valence-corrected chi connectivity index (χ4v) is 1.90. The van der Waals surface area contributed by atoms with Crippen molar-refractivity contribution in [1.82, 2.24) is 0 Å². The summed E-state index contributed by atoms with van der Waals surface area (Å²) in [5.74, 6) is 0.336. The minimum absolute atomic E-state index is 0.281. The molecule has 1 aromatic heterocycles. The molecular weight excluding hydrogens is 245 g/mol. The number of benzene rings is 2. The van der Waals surface area contributed by atoms with Gasteiger partial charge in [0.15, 0.2) is 0 Å². The van der Waals surface area contributed by atoms with Crippen molar-refractivity contribution in [3.8, 4) is 5.75 Å². The fraction of sp³-hybridized carbons (Fsp3) is 0.0667. The number of nitrogens with two attached hydrogens (primary N) is 1. The van der Waals surface area contributed by atoms with Gasteiger partial charge in [-0.15, -0.1) is 0 Å². The van der Waals surface area contributed by atoms with Crippen molar-refractivity contribution in [3.63, 3.8) is 0 Å². The van der Waals surface area contributed by atoms with Crippen LogP contribution in [0.3, 0.4) is 0 Å². The summed E-state index contributed by atoms with van der Waals surface area (Å²) in [4.78, 5) is 0. The van der Waals surface area contributed by atoms with E-state index in [9.17, 15) is 4.39 Å². The minimum Gasteiger partial charge on any atom is -0.489 e. The normalized spacial score (nSPS) is 10.8. The van der Waals surface area contributed by atoms with E-state index in [2.05, 4.69) is 0 Å². The minimum atomic E-state index is -0.281. The van der Waals surface area contributed by atoms with Crippen molar-refractivity contribution < 1.29 is 13.5 Å². The molecule has 0 unspecified atom stereocenters. The average Bonchev–Trinajstić information content (AvgIpc) is 2.80. The molecule has 4 heteroatoms. The molecule has 19 heavy (non-hydrogen) atoms. The molecule has 0 atom stereocenters. The molecule has 0 spiro atoms. The Kier molecular flexibility index (Phi) is 2.83. The first kappa shape index (κ1) is 11.6. The number of ether oxygens (including phenoxy) is 1. The van der Waals surface area contributed by atoms with E-state index in [0.717, 1.165) is 16.5 Å². The molecular formula is C15H12FNO2. The number of anilines is 1. The summed E-state index contributed by atoms with van der Waals surface area (Å²) in [6.45, 7) is 0.364. The van der Waals surface area contributed by atoms with E-state index in [-0.39, 0.29) is 5.82 Å². The van der Waals surface area contributed by atoms with Crippen molar-refractivity contribution in [2.24, 2.45) is 0 Å². The molecule has 0 aliphatic carbocycles. The zero-order valence-corrected chi connectivity index (χ0v) is 10.1.